The largest absolute Gasteiger partial charge is 0.398 e. The van der Waals surface area contributed by atoms with Crippen LogP contribution < -0.4 is 10.5 Å². The van der Waals surface area contributed by atoms with Gasteiger partial charge < -0.3 is 10.8 Å². The fourth-order valence-electron chi connectivity index (χ4n) is 1.88. The summed E-state index contributed by atoms with van der Waals surface area (Å²) in [6, 6.07) is 2.90. The first-order valence-corrected chi connectivity index (χ1v) is 8.22. The molecule has 0 spiro atoms. The fraction of sp³-hybridized carbons (Fsp3) is 0.538. The van der Waals surface area contributed by atoms with Crippen molar-refractivity contribution >= 4 is 27.3 Å². The Morgan fingerprint density at radius 2 is 2.05 bits per heavy atom. The summed E-state index contributed by atoms with van der Waals surface area (Å²) in [7, 11) is -3.75. The van der Waals surface area contributed by atoms with Crippen LogP contribution in [-0.4, -0.2) is 25.7 Å². The summed E-state index contributed by atoms with van der Waals surface area (Å²) in [4.78, 5) is 0.0696. The molecule has 1 aromatic carbocycles. The summed E-state index contributed by atoms with van der Waals surface area (Å²) < 4.78 is 27.6. The molecule has 20 heavy (non-hydrogen) atoms. The minimum Gasteiger partial charge on any atom is -0.398 e. The number of sulfonamides is 1. The van der Waals surface area contributed by atoms with Crippen LogP contribution in [-0.2, 0) is 10.0 Å². The zero-order valence-electron chi connectivity index (χ0n) is 11.9. The number of anilines is 1. The molecule has 7 heteroatoms. The highest BCUT2D eigenvalue weighted by Crippen LogP contribution is 2.27. The van der Waals surface area contributed by atoms with E-state index in [0.29, 0.717) is 24.1 Å². The van der Waals surface area contributed by atoms with E-state index >= 15 is 0 Å². The van der Waals surface area contributed by atoms with Crippen molar-refractivity contribution in [3.63, 3.8) is 0 Å². The van der Waals surface area contributed by atoms with Gasteiger partial charge in [-0.15, -0.1) is 0 Å². The lowest BCUT2D eigenvalue weighted by Gasteiger charge is -2.29. The molecule has 0 amide bonds. The summed E-state index contributed by atoms with van der Waals surface area (Å²) in [6.07, 6.45) is 0.889. The highest BCUT2D eigenvalue weighted by Gasteiger charge is 2.30. The normalized spacial score (nSPS) is 15.1. The second-order valence-corrected chi connectivity index (χ2v) is 7.20. The molecule has 0 bridgehead atoms. The molecule has 1 rings (SSSR count). The molecule has 1 unspecified atom stereocenters. The van der Waals surface area contributed by atoms with Crippen molar-refractivity contribution in [1.29, 1.82) is 0 Å². The second-order valence-electron chi connectivity index (χ2n) is 5.11. The summed E-state index contributed by atoms with van der Waals surface area (Å²) in [5.41, 5.74) is 5.84. The summed E-state index contributed by atoms with van der Waals surface area (Å²) >= 11 is 5.88. The first-order chi connectivity index (χ1) is 9.15. The van der Waals surface area contributed by atoms with Crippen molar-refractivity contribution in [2.75, 3.05) is 12.3 Å². The van der Waals surface area contributed by atoms with Gasteiger partial charge in [0.2, 0.25) is 10.0 Å². The number of aliphatic hydroxyl groups is 1. The van der Waals surface area contributed by atoms with E-state index in [1.54, 1.807) is 13.8 Å². The van der Waals surface area contributed by atoms with Gasteiger partial charge >= 0.3 is 0 Å². The molecule has 0 aliphatic rings. The summed E-state index contributed by atoms with van der Waals surface area (Å²) in [6.45, 7) is 5.15. The molecule has 0 aromatic heterocycles. The highest BCUT2D eigenvalue weighted by molar-refractivity contribution is 7.89. The number of nitrogens with two attached hydrogens (primary N) is 1. The first-order valence-electron chi connectivity index (χ1n) is 6.35. The monoisotopic (exact) mass is 320 g/mol. The molecule has 1 atom stereocenters. The van der Waals surface area contributed by atoms with E-state index in [1.165, 1.54) is 12.1 Å². The van der Waals surface area contributed by atoms with Gasteiger partial charge in [-0.3, -0.25) is 0 Å². The summed E-state index contributed by atoms with van der Waals surface area (Å²) in [5.74, 6) is 0. The summed E-state index contributed by atoms with van der Waals surface area (Å²) in [5, 5.41) is 9.34. The maximum Gasteiger partial charge on any atom is 0.241 e. The number of halogens is 1. The van der Waals surface area contributed by atoms with Crippen LogP contribution >= 0.6 is 11.6 Å². The average molecular weight is 321 g/mol. The zero-order valence-corrected chi connectivity index (χ0v) is 13.5. The fourth-order valence-corrected chi connectivity index (χ4v) is 3.98. The molecular formula is C13H21ClN2O3S. The molecule has 0 aliphatic heterocycles. The number of rotatable bonds is 6. The van der Waals surface area contributed by atoms with Crippen LogP contribution in [0.15, 0.2) is 17.0 Å². The lowest BCUT2D eigenvalue weighted by molar-refractivity contribution is 0.233. The molecule has 0 radical (unpaired) electrons. The highest BCUT2D eigenvalue weighted by atomic mass is 35.5. The van der Waals surface area contributed by atoms with Gasteiger partial charge in [-0.2, -0.15) is 0 Å². The van der Waals surface area contributed by atoms with Crippen molar-refractivity contribution in [3.8, 4) is 0 Å². The van der Waals surface area contributed by atoms with Gasteiger partial charge in [0.15, 0.2) is 0 Å². The maximum absolute atomic E-state index is 12.5. The van der Waals surface area contributed by atoms with Gasteiger partial charge in [0.25, 0.3) is 0 Å². The third kappa shape index (κ3) is 3.85. The van der Waals surface area contributed by atoms with Gasteiger partial charge in [-0.05, 0) is 44.4 Å². The van der Waals surface area contributed by atoms with E-state index in [1.807, 2.05) is 6.92 Å². The first kappa shape index (κ1) is 17.2. The third-order valence-corrected chi connectivity index (χ3v) is 5.46. The van der Waals surface area contributed by atoms with E-state index in [4.69, 9.17) is 22.4 Å². The molecule has 0 aliphatic carbocycles. The quantitative estimate of drug-likeness (QED) is 0.699. The molecule has 4 N–H and O–H groups in total. The van der Waals surface area contributed by atoms with E-state index in [0.717, 1.165) is 0 Å². The molecule has 5 nitrogen and oxygen atoms in total. The van der Waals surface area contributed by atoms with Crippen LogP contribution in [0.5, 0.6) is 0 Å². The lowest BCUT2D eigenvalue weighted by atomic mass is 9.97. The Bertz CT molecular complexity index is 590. The Balaban J connectivity index is 3.24. The Kier molecular flexibility index (Phi) is 5.43. The number of hydrogen-bond acceptors (Lipinski definition) is 4. The van der Waals surface area contributed by atoms with E-state index in [9.17, 15) is 8.42 Å². The van der Waals surface area contributed by atoms with Crippen LogP contribution in [0.2, 0.25) is 5.02 Å². The zero-order chi connectivity index (χ0) is 15.6. The number of nitrogens with one attached hydrogen (secondary N) is 1. The second kappa shape index (κ2) is 6.30. The Hall–Kier alpha value is -0.820. The van der Waals surface area contributed by atoms with Crippen molar-refractivity contribution in [2.24, 2.45) is 0 Å². The van der Waals surface area contributed by atoms with Crippen LogP contribution in [0.3, 0.4) is 0 Å². The Morgan fingerprint density at radius 3 is 2.55 bits per heavy atom. The van der Waals surface area contributed by atoms with E-state index in [-0.39, 0.29) is 16.5 Å². The predicted octanol–water partition coefficient (Wildman–Crippen LogP) is 2.06. The smallest absolute Gasteiger partial charge is 0.241 e. The van der Waals surface area contributed by atoms with Crippen molar-refractivity contribution in [1.82, 2.24) is 4.72 Å². The molecule has 0 fully saturated rings. The van der Waals surface area contributed by atoms with Crippen molar-refractivity contribution in [3.05, 3.63) is 22.7 Å². The number of benzene rings is 1. The van der Waals surface area contributed by atoms with Gasteiger partial charge in [0.1, 0.15) is 0 Å². The standard InChI is InChI=1S/C13H21ClN2O3S/c1-4-13(3,5-6-17)16-20(18,19)12-8-10(14)7-11(15)9(12)2/h7-8,16-17H,4-6,15H2,1-3H3. The van der Waals surface area contributed by atoms with Crippen LogP contribution in [0.1, 0.15) is 32.3 Å². The molecule has 114 valence electrons. The van der Waals surface area contributed by atoms with E-state index < -0.39 is 15.6 Å². The SMILES string of the molecule is CCC(C)(CCO)NS(=O)(=O)c1cc(Cl)cc(N)c1C. The minimum atomic E-state index is -3.75. The number of hydrogen-bond donors (Lipinski definition) is 3. The van der Waals surface area contributed by atoms with Gasteiger partial charge in [0, 0.05) is 22.9 Å². The van der Waals surface area contributed by atoms with Gasteiger partial charge in [0.05, 0.1) is 4.90 Å². The average Bonchev–Trinajstić information content (AvgIpc) is 2.33. The lowest BCUT2D eigenvalue weighted by Crippen LogP contribution is -2.46. The predicted molar refractivity (Wildman–Crippen MR) is 81.3 cm³/mol. The van der Waals surface area contributed by atoms with Crippen molar-refractivity contribution < 1.29 is 13.5 Å². The topological polar surface area (TPSA) is 92.4 Å². The maximum atomic E-state index is 12.5. The van der Waals surface area contributed by atoms with Crippen LogP contribution in [0, 0.1) is 6.92 Å². The Labute approximate surface area is 125 Å². The van der Waals surface area contributed by atoms with Crippen LogP contribution in [0.4, 0.5) is 5.69 Å². The van der Waals surface area contributed by atoms with Crippen LogP contribution in [0.25, 0.3) is 0 Å². The molecule has 0 saturated heterocycles. The van der Waals surface area contributed by atoms with Crippen molar-refractivity contribution in [2.45, 2.75) is 44.0 Å². The molecule has 0 heterocycles. The minimum absolute atomic E-state index is 0.0696. The van der Waals surface area contributed by atoms with Gasteiger partial charge in [-0.25, -0.2) is 13.1 Å². The molecule has 1 aromatic rings. The van der Waals surface area contributed by atoms with Gasteiger partial charge in [-0.1, -0.05) is 18.5 Å². The van der Waals surface area contributed by atoms with E-state index in [2.05, 4.69) is 4.72 Å². The number of aliphatic hydroxyl groups excluding tert-OH is 1. The molecule has 0 saturated carbocycles. The Morgan fingerprint density at radius 1 is 1.45 bits per heavy atom. The molecular weight excluding hydrogens is 300 g/mol. The number of nitrogen functional groups attached to an aromatic ring is 1. The third-order valence-electron chi connectivity index (χ3n) is 3.48.